The second kappa shape index (κ2) is 9.21. The monoisotopic (exact) mass is 459 g/mol. The molecule has 2 aromatic carbocycles. The first-order valence-corrected chi connectivity index (χ1v) is 11.5. The van der Waals surface area contributed by atoms with E-state index in [-0.39, 0.29) is 23.4 Å². The number of aryl methyl sites for hydroxylation is 1. The van der Waals surface area contributed by atoms with E-state index in [1.807, 2.05) is 24.3 Å². The van der Waals surface area contributed by atoms with E-state index in [1.54, 1.807) is 42.4 Å². The summed E-state index contributed by atoms with van der Waals surface area (Å²) in [5.74, 6) is -0.326. The number of hydrogen-bond donors (Lipinski definition) is 1. The molecule has 2 atom stereocenters. The van der Waals surface area contributed by atoms with Crippen LogP contribution in [0.2, 0.25) is 0 Å². The number of piperidine rings is 1. The van der Waals surface area contributed by atoms with Gasteiger partial charge in [0.25, 0.3) is 11.9 Å². The number of fused-ring (bicyclic) bond motifs is 1. The third kappa shape index (κ3) is 4.11. The predicted molar refractivity (Wildman–Crippen MR) is 128 cm³/mol. The first kappa shape index (κ1) is 22.0. The Morgan fingerprint density at radius 2 is 1.97 bits per heavy atom. The lowest BCUT2D eigenvalue weighted by Gasteiger charge is -2.40. The molecule has 4 aromatic rings. The van der Waals surface area contributed by atoms with E-state index in [4.69, 9.17) is 4.42 Å². The SMILES string of the molecule is Cc1ccc(-c2ncccn2)c(C(=O)N2CCC[C@@H](C)[C@H]2CNc2nc3ccccc3o2)c1F. The number of para-hydroxylation sites is 2. The topological polar surface area (TPSA) is 84.2 Å². The molecule has 1 aliphatic rings. The van der Waals surface area contributed by atoms with Gasteiger partial charge in [-0.3, -0.25) is 4.79 Å². The van der Waals surface area contributed by atoms with Crippen molar-refractivity contribution in [1.82, 2.24) is 19.9 Å². The molecule has 1 saturated heterocycles. The fraction of sp³-hybridized carbons (Fsp3) is 0.308. The number of aromatic nitrogens is 3. The van der Waals surface area contributed by atoms with Crippen LogP contribution in [-0.2, 0) is 0 Å². The summed E-state index contributed by atoms with van der Waals surface area (Å²) in [4.78, 5) is 28.6. The van der Waals surface area contributed by atoms with Crippen LogP contribution in [0.3, 0.4) is 0 Å². The highest BCUT2D eigenvalue weighted by atomic mass is 19.1. The normalized spacial score (nSPS) is 18.3. The van der Waals surface area contributed by atoms with Gasteiger partial charge in [-0.1, -0.05) is 25.1 Å². The first-order valence-electron chi connectivity index (χ1n) is 11.5. The van der Waals surface area contributed by atoms with E-state index in [1.165, 1.54) is 0 Å². The summed E-state index contributed by atoms with van der Waals surface area (Å²) in [5, 5.41) is 3.25. The van der Waals surface area contributed by atoms with E-state index in [9.17, 15) is 4.79 Å². The van der Waals surface area contributed by atoms with Gasteiger partial charge in [0.2, 0.25) is 0 Å². The van der Waals surface area contributed by atoms with Gasteiger partial charge >= 0.3 is 0 Å². The van der Waals surface area contributed by atoms with Crippen LogP contribution < -0.4 is 5.32 Å². The maximum absolute atomic E-state index is 15.4. The smallest absolute Gasteiger partial charge is 0.295 e. The van der Waals surface area contributed by atoms with Gasteiger partial charge in [-0.15, -0.1) is 0 Å². The molecule has 8 heteroatoms. The molecule has 5 rings (SSSR count). The van der Waals surface area contributed by atoms with Crippen LogP contribution in [0.15, 0.2) is 59.3 Å². The van der Waals surface area contributed by atoms with E-state index in [0.29, 0.717) is 41.6 Å². The zero-order valence-corrected chi connectivity index (χ0v) is 19.2. The molecule has 0 bridgehead atoms. The number of nitrogens with one attached hydrogen (secondary N) is 1. The zero-order chi connectivity index (χ0) is 23.7. The van der Waals surface area contributed by atoms with Crippen molar-refractivity contribution in [2.75, 3.05) is 18.4 Å². The summed E-state index contributed by atoms with van der Waals surface area (Å²) in [6.07, 6.45) is 5.01. The second-order valence-corrected chi connectivity index (χ2v) is 8.74. The summed E-state index contributed by atoms with van der Waals surface area (Å²) in [5.41, 5.74) is 2.30. The summed E-state index contributed by atoms with van der Waals surface area (Å²) >= 11 is 0. The average Bonchev–Trinajstić information content (AvgIpc) is 3.28. The van der Waals surface area contributed by atoms with E-state index in [0.717, 1.165) is 18.4 Å². The quantitative estimate of drug-likeness (QED) is 0.448. The maximum atomic E-state index is 15.4. The first-order chi connectivity index (χ1) is 16.5. The fourth-order valence-electron chi connectivity index (χ4n) is 4.61. The molecule has 0 saturated carbocycles. The largest absolute Gasteiger partial charge is 0.424 e. The Labute approximate surface area is 197 Å². The van der Waals surface area contributed by atoms with Crippen molar-refractivity contribution in [3.8, 4) is 11.4 Å². The van der Waals surface area contributed by atoms with Crippen molar-refractivity contribution in [3.05, 3.63) is 71.8 Å². The standard InChI is InChI=1S/C26H26FN5O2/c1-16-7-5-14-32(20(16)15-30-26-31-19-8-3-4-9-21(19)34-26)25(33)22-18(11-10-17(2)23(22)27)24-28-12-6-13-29-24/h3-4,6,8-13,16,20H,5,7,14-15H2,1-2H3,(H,30,31)/t16-,20-/m1/s1. The molecule has 0 unspecified atom stereocenters. The maximum Gasteiger partial charge on any atom is 0.295 e. The minimum atomic E-state index is -0.529. The minimum absolute atomic E-state index is 0.0205. The molecule has 0 spiro atoms. The lowest BCUT2D eigenvalue weighted by molar-refractivity contribution is 0.0535. The number of likely N-dealkylation sites (tertiary alicyclic amines) is 1. The molecule has 2 aromatic heterocycles. The number of halogens is 1. The minimum Gasteiger partial charge on any atom is -0.424 e. The molecule has 1 N–H and O–H groups in total. The van der Waals surface area contributed by atoms with E-state index in [2.05, 4.69) is 27.2 Å². The Bertz CT molecular complexity index is 1290. The number of carbonyl (C=O) groups is 1. The van der Waals surface area contributed by atoms with Gasteiger partial charge in [0.1, 0.15) is 11.3 Å². The summed E-state index contributed by atoms with van der Waals surface area (Å²) in [6, 6.07) is 12.9. The number of carbonyl (C=O) groups excluding carboxylic acids is 1. The Kier molecular flexibility index (Phi) is 5.96. The van der Waals surface area contributed by atoms with Crippen LogP contribution in [0.4, 0.5) is 10.4 Å². The van der Waals surface area contributed by atoms with Gasteiger partial charge in [0.05, 0.1) is 11.6 Å². The molecule has 3 heterocycles. The van der Waals surface area contributed by atoms with Crippen molar-refractivity contribution in [1.29, 1.82) is 0 Å². The highest BCUT2D eigenvalue weighted by Gasteiger charge is 2.35. The Hall–Kier alpha value is -3.81. The molecule has 7 nitrogen and oxygen atoms in total. The van der Waals surface area contributed by atoms with Crippen LogP contribution in [0.1, 0.15) is 35.7 Å². The highest BCUT2D eigenvalue weighted by molar-refractivity contribution is 6.01. The van der Waals surface area contributed by atoms with Gasteiger partial charge in [-0.05, 0) is 55.5 Å². The third-order valence-corrected chi connectivity index (χ3v) is 6.49. The van der Waals surface area contributed by atoms with Gasteiger partial charge in [0, 0.05) is 31.0 Å². The third-order valence-electron chi connectivity index (χ3n) is 6.49. The average molecular weight is 460 g/mol. The lowest BCUT2D eigenvalue weighted by Crippen LogP contribution is -2.51. The molecule has 174 valence electrons. The zero-order valence-electron chi connectivity index (χ0n) is 19.2. The van der Waals surface area contributed by atoms with Crippen LogP contribution in [0.25, 0.3) is 22.5 Å². The Morgan fingerprint density at radius 1 is 1.18 bits per heavy atom. The van der Waals surface area contributed by atoms with E-state index >= 15 is 4.39 Å². The second-order valence-electron chi connectivity index (χ2n) is 8.74. The van der Waals surface area contributed by atoms with Crippen molar-refractivity contribution in [2.45, 2.75) is 32.7 Å². The molecule has 34 heavy (non-hydrogen) atoms. The van der Waals surface area contributed by atoms with Crippen molar-refractivity contribution >= 4 is 23.0 Å². The predicted octanol–water partition coefficient (Wildman–Crippen LogP) is 5.09. The number of nitrogens with zero attached hydrogens (tertiary/aromatic N) is 4. The van der Waals surface area contributed by atoms with Crippen LogP contribution in [-0.4, -0.2) is 44.9 Å². The number of anilines is 1. The Morgan fingerprint density at radius 3 is 2.76 bits per heavy atom. The number of oxazole rings is 1. The van der Waals surface area contributed by atoms with Gasteiger partial charge in [-0.25, -0.2) is 14.4 Å². The molecule has 1 aliphatic heterocycles. The van der Waals surface area contributed by atoms with Crippen LogP contribution >= 0.6 is 0 Å². The van der Waals surface area contributed by atoms with Gasteiger partial charge < -0.3 is 14.6 Å². The summed E-state index contributed by atoms with van der Waals surface area (Å²) < 4.78 is 21.2. The number of rotatable bonds is 5. The molecule has 0 radical (unpaired) electrons. The van der Waals surface area contributed by atoms with Crippen molar-refractivity contribution in [2.24, 2.45) is 5.92 Å². The van der Waals surface area contributed by atoms with Gasteiger partial charge in [0.15, 0.2) is 11.4 Å². The molecular weight excluding hydrogens is 433 g/mol. The molecule has 1 fully saturated rings. The molecular formula is C26H26FN5O2. The Balaban J connectivity index is 1.45. The molecule has 0 aliphatic carbocycles. The molecule has 1 amide bonds. The highest BCUT2D eigenvalue weighted by Crippen LogP contribution is 2.31. The number of amides is 1. The fourth-order valence-corrected chi connectivity index (χ4v) is 4.61. The van der Waals surface area contributed by atoms with E-state index < -0.39 is 5.82 Å². The number of hydrogen-bond acceptors (Lipinski definition) is 6. The van der Waals surface area contributed by atoms with Crippen LogP contribution in [0.5, 0.6) is 0 Å². The number of benzene rings is 2. The lowest BCUT2D eigenvalue weighted by atomic mass is 9.89. The van der Waals surface area contributed by atoms with Crippen LogP contribution in [0, 0.1) is 18.7 Å². The summed E-state index contributed by atoms with van der Waals surface area (Å²) in [7, 11) is 0. The van der Waals surface area contributed by atoms with Crippen molar-refractivity contribution in [3.63, 3.8) is 0 Å². The van der Waals surface area contributed by atoms with Gasteiger partial charge in [-0.2, -0.15) is 4.98 Å². The van der Waals surface area contributed by atoms with Crippen molar-refractivity contribution < 1.29 is 13.6 Å². The summed E-state index contributed by atoms with van der Waals surface area (Å²) in [6.45, 7) is 4.77.